The summed E-state index contributed by atoms with van der Waals surface area (Å²) >= 11 is 0. The van der Waals surface area contributed by atoms with Gasteiger partial charge in [0.1, 0.15) is 5.71 Å². The lowest BCUT2D eigenvalue weighted by atomic mass is 10.3. The molecule has 0 fully saturated rings. The number of carbonyl (C=O) groups excluding carboxylic acids is 2. The maximum Gasteiger partial charge on any atom is 0.349 e. The highest BCUT2D eigenvalue weighted by Crippen LogP contribution is 1.76. The van der Waals surface area contributed by atoms with Gasteiger partial charge in [-0.15, -0.1) is 0 Å². The lowest BCUT2D eigenvalue weighted by Gasteiger charge is -1.97. The smallest absolute Gasteiger partial charge is 0.293 e. The third-order valence-corrected chi connectivity index (χ3v) is 0.966. The maximum atomic E-state index is 10.5. The van der Waals surface area contributed by atoms with Gasteiger partial charge in [-0.2, -0.15) is 5.10 Å². The largest absolute Gasteiger partial charge is 0.349 e. The molecule has 6 nitrogen and oxygen atoms in total. The van der Waals surface area contributed by atoms with Crippen LogP contribution in [0.3, 0.4) is 0 Å². The van der Waals surface area contributed by atoms with Crippen molar-refractivity contribution >= 4 is 17.5 Å². The fraction of sp³-hybridized carbons (Fsp3) is 0.400. The summed E-state index contributed by atoms with van der Waals surface area (Å²) in [4.78, 5) is 20.9. The van der Waals surface area contributed by atoms with E-state index in [0.29, 0.717) is 0 Å². The second-order valence-corrected chi connectivity index (χ2v) is 1.84. The first-order chi connectivity index (χ1) is 5.07. The first-order valence-electron chi connectivity index (χ1n) is 2.89. The number of hydrogen-bond donors (Lipinski definition) is 3. The van der Waals surface area contributed by atoms with Gasteiger partial charge < -0.3 is 0 Å². The van der Waals surface area contributed by atoms with Gasteiger partial charge in [0.25, 0.3) is 0 Å². The van der Waals surface area contributed by atoms with Gasteiger partial charge in [0.15, 0.2) is 5.78 Å². The molecular weight excluding hydrogens is 148 g/mol. The number of hydrazine groups is 1. The molecular formula is C5H10N4O2. The molecule has 0 aromatic carbocycles. The van der Waals surface area contributed by atoms with Gasteiger partial charge >= 0.3 is 6.03 Å². The van der Waals surface area contributed by atoms with Crippen molar-refractivity contribution in [2.24, 2.45) is 10.9 Å². The Balaban J connectivity index is 3.92. The predicted octanol–water partition coefficient (Wildman–Crippen LogP) is -0.876. The zero-order chi connectivity index (χ0) is 8.85. The number of urea groups is 1. The molecule has 11 heavy (non-hydrogen) atoms. The van der Waals surface area contributed by atoms with E-state index < -0.39 is 6.03 Å². The van der Waals surface area contributed by atoms with Crippen LogP contribution in [0.15, 0.2) is 5.10 Å². The van der Waals surface area contributed by atoms with Gasteiger partial charge in [-0.1, -0.05) is 0 Å². The Morgan fingerprint density at radius 3 is 2.27 bits per heavy atom. The van der Waals surface area contributed by atoms with Crippen LogP contribution in [0, 0.1) is 0 Å². The summed E-state index contributed by atoms with van der Waals surface area (Å²) in [7, 11) is 0. The van der Waals surface area contributed by atoms with Gasteiger partial charge in [0.05, 0.1) is 0 Å². The van der Waals surface area contributed by atoms with Crippen molar-refractivity contribution in [1.82, 2.24) is 10.9 Å². The molecule has 0 heterocycles. The summed E-state index contributed by atoms with van der Waals surface area (Å²) in [6.45, 7) is 2.83. The molecule has 0 aliphatic rings. The third kappa shape index (κ3) is 4.04. The number of hydrogen-bond acceptors (Lipinski definition) is 4. The maximum absolute atomic E-state index is 10.5. The van der Waals surface area contributed by atoms with Gasteiger partial charge in [-0.3, -0.25) is 10.2 Å². The van der Waals surface area contributed by atoms with Crippen LogP contribution in [0.25, 0.3) is 0 Å². The SMILES string of the molecule is CC(=O)/C(C)=N/NC(=O)NN. The molecule has 0 aromatic heterocycles. The Morgan fingerprint density at radius 1 is 1.36 bits per heavy atom. The van der Waals surface area contributed by atoms with Gasteiger partial charge in [-0.05, 0) is 6.92 Å². The molecule has 0 saturated carbocycles. The summed E-state index contributed by atoms with van der Waals surface area (Å²) in [5, 5.41) is 3.42. The molecule has 0 rings (SSSR count). The van der Waals surface area contributed by atoms with Gasteiger partial charge in [-0.25, -0.2) is 16.1 Å². The zero-order valence-corrected chi connectivity index (χ0v) is 6.34. The quantitative estimate of drug-likeness (QED) is 0.211. The van der Waals surface area contributed by atoms with E-state index in [4.69, 9.17) is 5.84 Å². The van der Waals surface area contributed by atoms with Crippen LogP contribution >= 0.6 is 0 Å². The lowest BCUT2D eigenvalue weighted by Crippen LogP contribution is -2.37. The van der Waals surface area contributed by atoms with Crippen LogP contribution in [0.2, 0.25) is 0 Å². The van der Waals surface area contributed by atoms with E-state index in [1.807, 2.05) is 5.43 Å². The molecule has 0 aliphatic heterocycles. The molecule has 0 aromatic rings. The average molecular weight is 158 g/mol. The number of hydrazone groups is 1. The van der Waals surface area contributed by atoms with Crippen LogP contribution in [0.1, 0.15) is 13.8 Å². The van der Waals surface area contributed by atoms with Crippen LogP contribution < -0.4 is 16.7 Å². The standard InChI is InChI=1S/C5H10N4O2/c1-3(4(2)10)8-9-5(11)7-6/h6H2,1-2H3,(H2,7,9,11)/b8-3+. The molecule has 62 valence electrons. The van der Waals surface area contributed by atoms with Crippen molar-refractivity contribution in [2.75, 3.05) is 0 Å². The molecule has 0 saturated heterocycles. The van der Waals surface area contributed by atoms with Crippen molar-refractivity contribution in [1.29, 1.82) is 0 Å². The van der Waals surface area contributed by atoms with Crippen molar-refractivity contribution in [2.45, 2.75) is 13.8 Å². The van der Waals surface area contributed by atoms with Crippen molar-refractivity contribution in [3.63, 3.8) is 0 Å². The van der Waals surface area contributed by atoms with Crippen molar-refractivity contribution in [3.05, 3.63) is 0 Å². The number of amides is 2. The second kappa shape index (κ2) is 4.40. The topological polar surface area (TPSA) is 96.6 Å². The number of Topliss-reactive ketones (excluding diaryl/α,β-unsaturated/α-hetero) is 1. The monoisotopic (exact) mass is 158 g/mol. The van der Waals surface area contributed by atoms with Crippen molar-refractivity contribution < 1.29 is 9.59 Å². The highest BCUT2D eigenvalue weighted by atomic mass is 16.2. The minimum absolute atomic E-state index is 0.206. The number of nitrogens with one attached hydrogen (secondary N) is 2. The molecule has 0 bridgehead atoms. The fourth-order valence-corrected chi connectivity index (χ4v) is 0.246. The molecule has 2 amide bonds. The molecule has 0 aliphatic carbocycles. The highest BCUT2D eigenvalue weighted by molar-refractivity contribution is 6.38. The van der Waals surface area contributed by atoms with Crippen LogP contribution in [-0.2, 0) is 4.79 Å². The fourth-order valence-electron chi connectivity index (χ4n) is 0.246. The second-order valence-electron chi connectivity index (χ2n) is 1.84. The van der Waals surface area contributed by atoms with E-state index in [0.717, 1.165) is 0 Å². The molecule has 6 heteroatoms. The molecule has 0 radical (unpaired) electrons. The molecule has 4 N–H and O–H groups in total. The first-order valence-corrected chi connectivity index (χ1v) is 2.89. The normalized spacial score (nSPS) is 10.6. The van der Waals surface area contributed by atoms with E-state index in [-0.39, 0.29) is 11.5 Å². The minimum atomic E-state index is -0.661. The summed E-state index contributed by atoms with van der Waals surface area (Å²) in [5.74, 6) is 4.51. The van der Waals surface area contributed by atoms with Gasteiger partial charge in [0.2, 0.25) is 0 Å². The summed E-state index contributed by atoms with van der Waals surface area (Å²) in [5.41, 5.74) is 4.01. The van der Waals surface area contributed by atoms with E-state index >= 15 is 0 Å². The van der Waals surface area contributed by atoms with Gasteiger partial charge in [0, 0.05) is 6.92 Å². The van der Waals surface area contributed by atoms with E-state index in [1.54, 1.807) is 5.43 Å². The highest BCUT2D eigenvalue weighted by Gasteiger charge is 1.98. The Morgan fingerprint density at radius 2 is 1.91 bits per heavy atom. The summed E-state index contributed by atoms with van der Waals surface area (Å²) < 4.78 is 0. The van der Waals surface area contributed by atoms with E-state index in [1.165, 1.54) is 13.8 Å². The Labute approximate surface area is 63.8 Å². The van der Waals surface area contributed by atoms with Crippen LogP contribution in [0.4, 0.5) is 4.79 Å². The first kappa shape index (κ1) is 9.57. The molecule has 0 spiro atoms. The van der Waals surface area contributed by atoms with E-state index in [9.17, 15) is 9.59 Å². The predicted molar refractivity (Wildman–Crippen MR) is 39.6 cm³/mol. The molecule has 0 atom stereocenters. The third-order valence-electron chi connectivity index (χ3n) is 0.966. The van der Waals surface area contributed by atoms with Crippen molar-refractivity contribution in [3.8, 4) is 0 Å². The molecule has 0 unspecified atom stereocenters. The minimum Gasteiger partial charge on any atom is -0.293 e. The Kier molecular flexibility index (Phi) is 3.82. The Bertz CT molecular complexity index is 199. The number of rotatable bonds is 2. The van der Waals surface area contributed by atoms with E-state index in [2.05, 4.69) is 5.10 Å². The average Bonchev–Trinajstić information content (AvgIpc) is 1.99. The number of nitrogens with two attached hydrogens (primary N) is 1. The zero-order valence-electron chi connectivity index (χ0n) is 6.34. The number of ketones is 1. The Hall–Kier alpha value is -1.43. The summed E-state index contributed by atoms with van der Waals surface area (Å²) in [6, 6.07) is -0.661. The number of carbonyl (C=O) groups is 2. The van der Waals surface area contributed by atoms with Crippen LogP contribution in [0.5, 0.6) is 0 Å². The number of nitrogens with zero attached hydrogens (tertiary/aromatic N) is 1. The van der Waals surface area contributed by atoms with Crippen LogP contribution in [-0.4, -0.2) is 17.5 Å². The lowest BCUT2D eigenvalue weighted by molar-refractivity contribution is -0.111. The summed E-state index contributed by atoms with van der Waals surface area (Å²) in [6.07, 6.45) is 0.